The second-order valence-corrected chi connectivity index (χ2v) is 4.83. The monoisotopic (exact) mass is 279 g/mol. The fraction of sp³-hybridized carbons (Fsp3) is 0.364. The van der Waals surface area contributed by atoms with Crippen LogP contribution in [0.4, 0.5) is 13.2 Å². The zero-order valence-electron chi connectivity index (χ0n) is 8.67. The van der Waals surface area contributed by atoms with Crippen molar-refractivity contribution in [1.82, 2.24) is 0 Å². The van der Waals surface area contributed by atoms with E-state index in [1.807, 2.05) is 0 Å². The van der Waals surface area contributed by atoms with Crippen LogP contribution in [0.15, 0.2) is 24.3 Å². The van der Waals surface area contributed by atoms with E-state index < -0.39 is 12.1 Å². The largest absolute Gasteiger partial charge is 0.405 e. The van der Waals surface area contributed by atoms with Crippen molar-refractivity contribution < 1.29 is 13.2 Å². The second-order valence-electron chi connectivity index (χ2n) is 3.36. The smallest absolute Gasteiger partial charge is 0.198 e. The van der Waals surface area contributed by atoms with Crippen molar-refractivity contribution in [2.45, 2.75) is 11.9 Å². The van der Waals surface area contributed by atoms with Crippen molar-refractivity contribution in [3.8, 4) is 6.07 Å². The zero-order valence-corrected chi connectivity index (χ0v) is 10.2. The molecule has 0 saturated heterocycles. The molecule has 0 radical (unpaired) electrons. The van der Waals surface area contributed by atoms with E-state index in [-0.39, 0.29) is 5.75 Å². The van der Waals surface area contributed by atoms with Gasteiger partial charge in [0.05, 0.1) is 6.07 Å². The number of hydrogen-bond donors (Lipinski definition) is 0. The van der Waals surface area contributed by atoms with Crippen molar-refractivity contribution in [2.75, 3.05) is 5.75 Å². The Labute approximate surface area is 107 Å². The second kappa shape index (κ2) is 6.18. The Balaban J connectivity index is 2.42. The molecule has 0 saturated carbocycles. The first kappa shape index (κ1) is 14.2. The Hall–Kier alpha value is -0.860. The maximum atomic E-state index is 12.2. The molecule has 1 aromatic carbocycles. The van der Waals surface area contributed by atoms with Crippen LogP contribution >= 0.6 is 23.4 Å². The van der Waals surface area contributed by atoms with Crippen molar-refractivity contribution in [3.05, 3.63) is 34.9 Å². The molecule has 6 heteroatoms. The molecule has 0 fully saturated rings. The van der Waals surface area contributed by atoms with Gasteiger partial charge in [-0.05, 0) is 17.7 Å². The third kappa shape index (κ3) is 4.88. The first-order valence-electron chi connectivity index (χ1n) is 4.72. The molecule has 1 nitrogen and oxygen atoms in total. The molecule has 0 aliphatic rings. The molecule has 0 amide bonds. The van der Waals surface area contributed by atoms with Gasteiger partial charge in [-0.2, -0.15) is 30.2 Å². The topological polar surface area (TPSA) is 23.8 Å². The zero-order chi connectivity index (χ0) is 12.9. The summed E-state index contributed by atoms with van der Waals surface area (Å²) < 4.78 is 36.7. The molecule has 17 heavy (non-hydrogen) atoms. The molecule has 1 rings (SSSR count). The minimum Gasteiger partial charge on any atom is -0.198 e. The maximum Gasteiger partial charge on any atom is 0.405 e. The molecule has 1 aromatic rings. The highest BCUT2D eigenvalue weighted by Gasteiger charge is 2.39. The number of alkyl halides is 3. The predicted octanol–water partition coefficient (Wildman–Crippen LogP) is 4.28. The number of benzene rings is 1. The lowest BCUT2D eigenvalue weighted by atomic mass is 10.2. The van der Waals surface area contributed by atoms with E-state index in [9.17, 15) is 13.2 Å². The Kier molecular flexibility index (Phi) is 5.16. The van der Waals surface area contributed by atoms with Crippen LogP contribution in [0.1, 0.15) is 5.56 Å². The summed E-state index contributed by atoms with van der Waals surface area (Å²) in [4.78, 5) is 0. The summed E-state index contributed by atoms with van der Waals surface area (Å²) in [5, 5.41) is 8.98. The molecular weight excluding hydrogens is 271 g/mol. The first-order valence-corrected chi connectivity index (χ1v) is 6.25. The SMILES string of the molecule is N#CC(CSCc1ccc(Cl)cc1)C(F)(F)F. The molecule has 92 valence electrons. The lowest BCUT2D eigenvalue weighted by Crippen LogP contribution is -2.23. The van der Waals surface area contributed by atoms with Crippen LogP contribution in [-0.4, -0.2) is 11.9 Å². The average Bonchev–Trinajstić information content (AvgIpc) is 2.25. The van der Waals surface area contributed by atoms with Gasteiger partial charge in [-0.3, -0.25) is 0 Å². The van der Waals surface area contributed by atoms with Crippen molar-refractivity contribution in [3.63, 3.8) is 0 Å². The van der Waals surface area contributed by atoms with Gasteiger partial charge in [-0.25, -0.2) is 0 Å². The molecule has 0 N–H and O–H groups in total. The van der Waals surface area contributed by atoms with Gasteiger partial charge in [-0.1, -0.05) is 23.7 Å². The highest BCUT2D eigenvalue weighted by atomic mass is 35.5. The maximum absolute atomic E-state index is 12.2. The Bertz CT molecular complexity index is 397. The van der Waals surface area contributed by atoms with E-state index >= 15 is 0 Å². The van der Waals surface area contributed by atoms with E-state index in [0.29, 0.717) is 10.8 Å². The molecular formula is C11H9ClF3NS. The molecule has 0 aliphatic heterocycles. The summed E-state index contributed by atoms with van der Waals surface area (Å²) >= 11 is 6.77. The van der Waals surface area contributed by atoms with Gasteiger partial charge in [-0.15, -0.1) is 0 Å². The first-order chi connectivity index (χ1) is 7.93. The quantitative estimate of drug-likeness (QED) is 0.821. The van der Waals surface area contributed by atoms with Crippen LogP contribution in [0.2, 0.25) is 5.02 Å². The minimum atomic E-state index is -4.44. The third-order valence-electron chi connectivity index (χ3n) is 2.02. The Morgan fingerprint density at radius 1 is 1.29 bits per heavy atom. The molecule has 1 unspecified atom stereocenters. The van der Waals surface area contributed by atoms with E-state index in [0.717, 1.165) is 17.3 Å². The van der Waals surface area contributed by atoms with Crippen molar-refractivity contribution in [2.24, 2.45) is 5.92 Å². The van der Waals surface area contributed by atoms with Gasteiger partial charge in [0.2, 0.25) is 0 Å². The fourth-order valence-corrected chi connectivity index (χ4v) is 2.25. The summed E-state index contributed by atoms with van der Waals surface area (Å²) in [6.07, 6.45) is -4.44. The molecule has 0 heterocycles. The summed E-state index contributed by atoms with van der Waals surface area (Å²) in [5.74, 6) is -1.71. The number of thioether (sulfide) groups is 1. The van der Waals surface area contributed by atoms with Crippen LogP contribution in [0.3, 0.4) is 0 Å². The summed E-state index contributed by atoms with van der Waals surface area (Å²) in [6, 6.07) is 8.15. The van der Waals surface area contributed by atoms with Crippen LogP contribution in [0.25, 0.3) is 0 Å². The normalized spacial score (nSPS) is 13.1. The highest BCUT2D eigenvalue weighted by Crippen LogP contribution is 2.29. The standard InChI is InChI=1S/C11H9ClF3NS/c12-10-3-1-8(2-4-10)6-17-7-9(5-16)11(13,14)15/h1-4,9H,6-7H2. The lowest BCUT2D eigenvalue weighted by molar-refractivity contribution is -0.152. The molecule has 0 bridgehead atoms. The Morgan fingerprint density at radius 2 is 1.88 bits per heavy atom. The molecule has 1 atom stereocenters. The van der Waals surface area contributed by atoms with Gasteiger partial charge in [0.15, 0.2) is 5.92 Å². The van der Waals surface area contributed by atoms with E-state index in [1.165, 1.54) is 6.07 Å². The number of rotatable bonds is 4. The van der Waals surface area contributed by atoms with Crippen LogP contribution < -0.4 is 0 Å². The number of halogens is 4. The minimum absolute atomic E-state index is 0.247. The third-order valence-corrected chi connectivity index (χ3v) is 3.38. The Morgan fingerprint density at radius 3 is 2.35 bits per heavy atom. The summed E-state index contributed by atoms with van der Waals surface area (Å²) in [5.41, 5.74) is 0.887. The van der Waals surface area contributed by atoms with Gasteiger partial charge in [0, 0.05) is 16.5 Å². The van der Waals surface area contributed by atoms with Crippen molar-refractivity contribution >= 4 is 23.4 Å². The fourth-order valence-electron chi connectivity index (χ4n) is 1.08. The number of hydrogen-bond acceptors (Lipinski definition) is 2. The predicted molar refractivity (Wildman–Crippen MR) is 62.8 cm³/mol. The summed E-state index contributed by atoms with van der Waals surface area (Å²) in [6.45, 7) is 0. The van der Waals surface area contributed by atoms with Crippen molar-refractivity contribution in [1.29, 1.82) is 5.26 Å². The van der Waals surface area contributed by atoms with E-state index in [4.69, 9.17) is 16.9 Å². The van der Waals surface area contributed by atoms with Crippen LogP contribution in [0.5, 0.6) is 0 Å². The van der Waals surface area contributed by atoms with E-state index in [2.05, 4.69) is 0 Å². The highest BCUT2D eigenvalue weighted by molar-refractivity contribution is 7.98. The van der Waals surface area contributed by atoms with Gasteiger partial charge >= 0.3 is 6.18 Å². The van der Waals surface area contributed by atoms with Gasteiger partial charge < -0.3 is 0 Å². The van der Waals surface area contributed by atoms with Gasteiger partial charge in [0.25, 0.3) is 0 Å². The number of nitriles is 1. The lowest BCUT2D eigenvalue weighted by Gasteiger charge is -2.12. The molecule has 0 spiro atoms. The summed E-state index contributed by atoms with van der Waals surface area (Å²) in [7, 11) is 0. The molecule has 0 aromatic heterocycles. The number of nitrogens with zero attached hydrogens (tertiary/aromatic N) is 1. The van der Waals surface area contributed by atoms with E-state index in [1.54, 1.807) is 24.3 Å². The average molecular weight is 280 g/mol. The molecule has 0 aliphatic carbocycles. The van der Waals surface area contributed by atoms with Crippen LogP contribution in [-0.2, 0) is 5.75 Å². The van der Waals surface area contributed by atoms with Gasteiger partial charge in [0.1, 0.15) is 0 Å². The van der Waals surface area contributed by atoms with Crippen LogP contribution in [0, 0.1) is 17.2 Å².